The minimum Gasteiger partial charge on any atom is -0.259 e. The first kappa shape index (κ1) is 24.4. The summed E-state index contributed by atoms with van der Waals surface area (Å²) in [6.45, 7) is 8.96. The van der Waals surface area contributed by atoms with Crippen molar-refractivity contribution in [3.63, 3.8) is 0 Å². The van der Waals surface area contributed by atoms with E-state index in [1.807, 2.05) is 28.9 Å². The molecule has 37 heavy (non-hydrogen) atoms. The van der Waals surface area contributed by atoms with Crippen LogP contribution in [0.25, 0.3) is 21.9 Å². The van der Waals surface area contributed by atoms with Crippen molar-refractivity contribution in [3.05, 3.63) is 74.8 Å². The zero-order chi connectivity index (χ0) is 25.5. The predicted molar refractivity (Wildman–Crippen MR) is 153 cm³/mol. The maximum absolute atomic E-state index is 5.01. The van der Waals surface area contributed by atoms with Crippen molar-refractivity contribution in [2.75, 3.05) is 0 Å². The lowest BCUT2D eigenvalue weighted by Gasteiger charge is -2.23. The molecule has 3 unspecified atom stereocenters. The molecule has 3 atom stereocenters. The van der Waals surface area contributed by atoms with Gasteiger partial charge < -0.3 is 0 Å². The van der Waals surface area contributed by atoms with Crippen LogP contribution in [0.3, 0.4) is 0 Å². The number of aromatic nitrogens is 6. The number of benzene rings is 1. The van der Waals surface area contributed by atoms with E-state index in [-0.39, 0.29) is 5.92 Å². The Morgan fingerprint density at radius 3 is 2.81 bits per heavy atom. The van der Waals surface area contributed by atoms with Crippen molar-refractivity contribution in [1.29, 1.82) is 0 Å². The minimum absolute atomic E-state index is 0.110. The van der Waals surface area contributed by atoms with E-state index in [1.165, 1.54) is 50.1 Å². The Morgan fingerprint density at radius 1 is 1.08 bits per heavy atom. The van der Waals surface area contributed by atoms with Crippen molar-refractivity contribution < 1.29 is 0 Å². The molecular weight excluding hydrogens is 496 g/mol. The molecule has 0 spiro atoms. The summed E-state index contributed by atoms with van der Waals surface area (Å²) in [5.74, 6) is 2.63. The van der Waals surface area contributed by atoms with Crippen molar-refractivity contribution >= 4 is 44.6 Å². The fourth-order valence-electron chi connectivity index (χ4n) is 5.08. The number of hydrogen-bond acceptors (Lipinski definition) is 7. The van der Waals surface area contributed by atoms with Gasteiger partial charge in [0.25, 0.3) is 0 Å². The summed E-state index contributed by atoms with van der Waals surface area (Å²) in [5.41, 5.74) is 4.41. The summed E-state index contributed by atoms with van der Waals surface area (Å²) in [5, 5.41) is 7.13. The van der Waals surface area contributed by atoms with Gasteiger partial charge in [0.05, 0.1) is 32.1 Å². The number of thiazole rings is 2. The Labute approximate surface area is 225 Å². The van der Waals surface area contributed by atoms with Gasteiger partial charge in [0.15, 0.2) is 11.5 Å². The highest BCUT2D eigenvalue weighted by Gasteiger charge is 2.26. The molecule has 0 fully saturated rings. The second-order valence-corrected chi connectivity index (χ2v) is 12.8. The highest BCUT2D eigenvalue weighted by Crippen LogP contribution is 2.38. The molecule has 0 saturated carbocycles. The summed E-state index contributed by atoms with van der Waals surface area (Å²) in [6.07, 6.45) is 14.4. The van der Waals surface area contributed by atoms with Crippen LogP contribution in [0, 0.1) is 5.92 Å². The van der Waals surface area contributed by atoms with Gasteiger partial charge in [-0.25, -0.2) is 19.5 Å². The first-order valence-electron chi connectivity index (χ1n) is 13.2. The Balaban J connectivity index is 1.13. The van der Waals surface area contributed by atoms with Gasteiger partial charge >= 0.3 is 0 Å². The van der Waals surface area contributed by atoms with E-state index in [1.54, 1.807) is 16.9 Å². The van der Waals surface area contributed by atoms with Crippen LogP contribution >= 0.6 is 22.7 Å². The Hall–Kier alpha value is -2.97. The summed E-state index contributed by atoms with van der Waals surface area (Å²) in [4.78, 5) is 20.2. The highest BCUT2D eigenvalue weighted by molar-refractivity contribution is 7.18. The topological polar surface area (TPSA) is 68.9 Å². The molecule has 1 aliphatic carbocycles. The molecule has 0 aliphatic heterocycles. The van der Waals surface area contributed by atoms with Crippen LogP contribution in [0.15, 0.2) is 42.9 Å². The molecular formula is C29H32N6S2. The minimum atomic E-state index is 0.110. The van der Waals surface area contributed by atoms with Crippen LogP contribution in [-0.4, -0.2) is 29.5 Å². The van der Waals surface area contributed by atoms with Gasteiger partial charge in [0.2, 0.25) is 0 Å². The molecule has 6 rings (SSSR count). The molecule has 0 N–H and O–H groups in total. The quantitative estimate of drug-likeness (QED) is 0.220. The standard InChI is InChI=1S/C29H32N6S2/c1-17(2)28-31-22-10-8-21(15-25(22)36-28)13-19(4)29-32-23-9-7-20(14-24(23)37-29)6-5-18(3)27-33-26-16-30-11-12-35(26)34-27/h5-7,9,11-12,14,16-19,21H,8,10,13,15H2,1-4H3/b6-5-. The third-order valence-corrected chi connectivity index (χ3v) is 9.90. The van der Waals surface area contributed by atoms with E-state index in [0.717, 1.165) is 29.3 Å². The number of aryl methyl sites for hydroxylation is 1. The lowest BCUT2D eigenvalue weighted by Crippen LogP contribution is -2.15. The second kappa shape index (κ2) is 10.1. The summed E-state index contributed by atoms with van der Waals surface area (Å²) in [7, 11) is 0. The summed E-state index contributed by atoms with van der Waals surface area (Å²) < 4.78 is 3.02. The van der Waals surface area contributed by atoms with Crippen molar-refractivity contribution in [2.45, 2.75) is 71.1 Å². The van der Waals surface area contributed by atoms with E-state index in [9.17, 15) is 0 Å². The number of fused-ring (bicyclic) bond motifs is 3. The van der Waals surface area contributed by atoms with Gasteiger partial charge in [-0.15, -0.1) is 22.7 Å². The monoisotopic (exact) mass is 528 g/mol. The lowest BCUT2D eigenvalue weighted by molar-refractivity contribution is 0.399. The average molecular weight is 529 g/mol. The maximum Gasteiger partial charge on any atom is 0.173 e. The fraction of sp³-hybridized carbons (Fsp3) is 0.414. The molecule has 1 aromatic carbocycles. The van der Waals surface area contributed by atoms with Crippen LogP contribution in [0.1, 0.15) is 90.3 Å². The molecule has 0 radical (unpaired) electrons. The van der Waals surface area contributed by atoms with Gasteiger partial charge in [-0.3, -0.25) is 4.98 Å². The Kier molecular flexibility index (Phi) is 6.63. The zero-order valence-corrected chi connectivity index (χ0v) is 23.4. The van der Waals surface area contributed by atoms with Crippen LogP contribution in [0.5, 0.6) is 0 Å². The summed E-state index contributed by atoms with van der Waals surface area (Å²) >= 11 is 3.78. The molecule has 0 bridgehead atoms. The molecule has 0 saturated heterocycles. The van der Waals surface area contributed by atoms with Gasteiger partial charge in [0, 0.05) is 35.0 Å². The largest absolute Gasteiger partial charge is 0.259 e. The SMILES string of the molecule is CC(C)c1nc2c(s1)CC(CC(C)c1nc3ccc(/C=C\C(C)c4nc5cnccn5n4)cc3s1)CC2. The van der Waals surface area contributed by atoms with Gasteiger partial charge in [-0.05, 0) is 49.3 Å². The molecule has 4 aromatic heterocycles. The highest BCUT2D eigenvalue weighted by atomic mass is 32.1. The molecule has 4 heterocycles. The van der Waals surface area contributed by atoms with Crippen molar-refractivity contribution in [2.24, 2.45) is 5.92 Å². The molecule has 6 nitrogen and oxygen atoms in total. The molecule has 1 aliphatic rings. The van der Waals surface area contributed by atoms with Gasteiger partial charge in [-0.2, -0.15) is 5.10 Å². The first-order valence-corrected chi connectivity index (χ1v) is 14.8. The fourth-order valence-corrected chi connectivity index (χ4v) is 7.39. The summed E-state index contributed by atoms with van der Waals surface area (Å²) in [6, 6.07) is 6.56. The second-order valence-electron chi connectivity index (χ2n) is 10.6. The van der Waals surface area contributed by atoms with E-state index >= 15 is 0 Å². The van der Waals surface area contributed by atoms with Crippen LogP contribution < -0.4 is 0 Å². The Bertz CT molecular complexity index is 1540. The number of nitrogens with zero attached hydrogens (tertiary/aromatic N) is 6. The van der Waals surface area contributed by atoms with Gasteiger partial charge in [-0.1, -0.05) is 45.9 Å². The predicted octanol–water partition coefficient (Wildman–Crippen LogP) is 7.43. The third-order valence-electron chi connectivity index (χ3n) is 7.23. The number of allylic oxidation sites excluding steroid dienone is 1. The van der Waals surface area contributed by atoms with Gasteiger partial charge in [0.1, 0.15) is 0 Å². The Morgan fingerprint density at radius 2 is 1.97 bits per heavy atom. The average Bonchev–Trinajstić information content (AvgIpc) is 3.62. The number of rotatable bonds is 7. The van der Waals surface area contributed by atoms with Crippen LogP contribution in [0.2, 0.25) is 0 Å². The molecule has 0 amide bonds. The zero-order valence-electron chi connectivity index (χ0n) is 21.8. The third kappa shape index (κ3) is 5.09. The normalized spacial score (nSPS) is 17.7. The van der Waals surface area contributed by atoms with Crippen LogP contribution in [-0.2, 0) is 12.8 Å². The van der Waals surface area contributed by atoms with Crippen molar-refractivity contribution in [1.82, 2.24) is 29.5 Å². The molecule has 8 heteroatoms. The number of hydrogen-bond donors (Lipinski definition) is 0. The molecule has 190 valence electrons. The first-order chi connectivity index (χ1) is 17.9. The van der Waals surface area contributed by atoms with E-state index in [0.29, 0.717) is 11.8 Å². The van der Waals surface area contributed by atoms with E-state index < -0.39 is 0 Å². The smallest absolute Gasteiger partial charge is 0.173 e. The lowest BCUT2D eigenvalue weighted by atomic mass is 9.84. The van der Waals surface area contributed by atoms with E-state index in [2.05, 4.69) is 73.1 Å². The molecule has 5 aromatic rings. The van der Waals surface area contributed by atoms with E-state index in [4.69, 9.17) is 9.97 Å². The van der Waals surface area contributed by atoms with Crippen molar-refractivity contribution in [3.8, 4) is 0 Å². The van der Waals surface area contributed by atoms with Crippen LogP contribution in [0.4, 0.5) is 0 Å². The maximum atomic E-state index is 5.01.